The first-order valence-electron chi connectivity index (χ1n) is 12.8. The van der Waals surface area contributed by atoms with Crippen molar-refractivity contribution < 1.29 is 4.74 Å². The van der Waals surface area contributed by atoms with Crippen LogP contribution in [0.25, 0.3) is 0 Å². The lowest BCUT2D eigenvalue weighted by Gasteiger charge is -2.32. The van der Waals surface area contributed by atoms with Gasteiger partial charge < -0.3 is 19.5 Å². The predicted molar refractivity (Wildman–Crippen MR) is 147 cm³/mol. The van der Waals surface area contributed by atoms with Crippen LogP contribution in [0.3, 0.4) is 0 Å². The Morgan fingerprint density at radius 1 is 0.806 bits per heavy atom. The molecule has 0 amide bonds. The second-order valence-electron chi connectivity index (χ2n) is 9.54. The normalized spacial score (nSPS) is 20.3. The Labute approximate surface area is 217 Å². The number of anilines is 1. The molecule has 2 aromatic heterocycles. The molecule has 6 rings (SSSR count). The molecule has 1 aliphatic heterocycles. The molecule has 2 aromatic carbocycles. The molecular weight excluding hydrogens is 464 g/mol. The highest BCUT2D eigenvalue weighted by molar-refractivity contribution is 7.80. The van der Waals surface area contributed by atoms with Crippen molar-refractivity contribution in [3.05, 3.63) is 109 Å². The fourth-order valence-electron chi connectivity index (χ4n) is 5.58. The van der Waals surface area contributed by atoms with Crippen molar-refractivity contribution in [2.45, 2.75) is 50.2 Å². The molecule has 1 saturated heterocycles. The molecule has 36 heavy (non-hydrogen) atoms. The van der Waals surface area contributed by atoms with Crippen LogP contribution in [0, 0.1) is 0 Å². The maximum Gasteiger partial charge on any atom is 0.174 e. The van der Waals surface area contributed by atoms with Gasteiger partial charge in [-0.15, -0.1) is 0 Å². The third kappa shape index (κ3) is 4.49. The topological polar surface area (TPSA) is 42.3 Å². The number of nitrogens with zero attached hydrogens (tertiary/aromatic N) is 3. The lowest BCUT2D eigenvalue weighted by Crippen LogP contribution is -2.31. The smallest absolute Gasteiger partial charge is 0.174 e. The van der Waals surface area contributed by atoms with Crippen molar-refractivity contribution in [1.29, 1.82) is 0 Å². The highest BCUT2D eigenvalue weighted by atomic mass is 32.1. The van der Waals surface area contributed by atoms with Crippen molar-refractivity contribution in [2.24, 2.45) is 0 Å². The highest BCUT2D eigenvalue weighted by Gasteiger charge is 2.42. The number of ether oxygens (including phenoxy) is 1. The summed E-state index contributed by atoms with van der Waals surface area (Å²) in [6, 6.07) is 29.1. The molecule has 1 saturated carbocycles. The van der Waals surface area contributed by atoms with Crippen LogP contribution in [0.2, 0.25) is 0 Å². The van der Waals surface area contributed by atoms with Gasteiger partial charge in [-0.1, -0.05) is 43.5 Å². The molecule has 5 nitrogen and oxygen atoms in total. The monoisotopic (exact) mass is 494 g/mol. The Bertz CT molecular complexity index is 1300. The predicted octanol–water partition coefficient (Wildman–Crippen LogP) is 7.36. The Hall–Kier alpha value is -3.64. The molecule has 1 aliphatic carbocycles. The van der Waals surface area contributed by atoms with Gasteiger partial charge in [0.15, 0.2) is 5.11 Å². The van der Waals surface area contributed by atoms with E-state index in [0.717, 1.165) is 22.9 Å². The quantitative estimate of drug-likeness (QED) is 0.284. The maximum atomic E-state index is 6.03. The summed E-state index contributed by atoms with van der Waals surface area (Å²) < 4.78 is 8.53. The first kappa shape index (κ1) is 22.8. The van der Waals surface area contributed by atoms with Crippen molar-refractivity contribution >= 4 is 23.0 Å². The Kier molecular flexibility index (Phi) is 6.43. The average molecular weight is 495 g/mol. The zero-order valence-corrected chi connectivity index (χ0v) is 21.0. The van der Waals surface area contributed by atoms with Crippen molar-refractivity contribution in [3.8, 4) is 11.5 Å². The van der Waals surface area contributed by atoms with Crippen LogP contribution in [-0.4, -0.2) is 14.7 Å². The number of aromatic nitrogens is 2. The summed E-state index contributed by atoms with van der Waals surface area (Å²) in [7, 11) is 0. The summed E-state index contributed by atoms with van der Waals surface area (Å²) in [6.07, 6.45) is 10.5. The summed E-state index contributed by atoms with van der Waals surface area (Å²) >= 11 is 5.93. The van der Waals surface area contributed by atoms with E-state index in [2.05, 4.69) is 51.3 Å². The van der Waals surface area contributed by atoms with Gasteiger partial charge in [-0.3, -0.25) is 4.98 Å². The number of para-hydroxylation sites is 1. The van der Waals surface area contributed by atoms with Crippen LogP contribution in [-0.2, 0) is 0 Å². The van der Waals surface area contributed by atoms with Gasteiger partial charge in [0, 0.05) is 29.8 Å². The number of hydrogen-bond acceptors (Lipinski definition) is 3. The fourth-order valence-corrected chi connectivity index (χ4v) is 5.93. The number of benzene rings is 2. The van der Waals surface area contributed by atoms with E-state index >= 15 is 0 Å². The van der Waals surface area contributed by atoms with Gasteiger partial charge in [0.25, 0.3) is 0 Å². The number of pyridine rings is 1. The SMILES string of the molecule is S=C1N[C@H](c2ccccn2)[C@H](c2cccn2C2CCCCC2)N1c1ccc(Oc2ccccc2)cc1. The average Bonchev–Trinajstić information content (AvgIpc) is 3.55. The molecule has 6 heteroatoms. The lowest BCUT2D eigenvalue weighted by molar-refractivity contribution is 0.340. The van der Waals surface area contributed by atoms with Crippen LogP contribution in [0.15, 0.2) is 97.3 Å². The summed E-state index contributed by atoms with van der Waals surface area (Å²) in [5, 5.41) is 4.30. The van der Waals surface area contributed by atoms with Gasteiger partial charge >= 0.3 is 0 Å². The number of hydrogen-bond donors (Lipinski definition) is 1. The molecule has 182 valence electrons. The first-order valence-corrected chi connectivity index (χ1v) is 13.2. The number of nitrogens with one attached hydrogen (secondary N) is 1. The molecule has 0 bridgehead atoms. The molecule has 0 radical (unpaired) electrons. The van der Waals surface area contributed by atoms with Crippen molar-refractivity contribution in [2.75, 3.05) is 4.90 Å². The van der Waals surface area contributed by atoms with Gasteiger partial charge in [0.05, 0.1) is 11.7 Å². The Morgan fingerprint density at radius 3 is 2.31 bits per heavy atom. The van der Waals surface area contributed by atoms with E-state index in [1.807, 2.05) is 60.8 Å². The molecule has 2 fully saturated rings. The number of thiocarbonyl (C=S) groups is 1. The van der Waals surface area contributed by atoms with Gasteiger partial charge in [0.2, 0.25) is 0 Å². The van der Waals surface area contributed by atoms with Crippen molar-refractivity contribution in [3.63, 3.8) is 0 Å². The molecule has 1 N–H and O–H groups in total. The molecule has 0 unspecified atom stereocenters. The van der Waals surface area contributed by atoms with Crippen LogP contribution < -0.4 is 15.0 Å². The van der Waals surface area contributed by atoms with Crippen LogP contribution in [0.5, 0.6) is 11.5 Å². The summed E-state index contributed by atoms with van der Waals surface area (Å²) in [5.74, 6) is 1.62. The molecule has 2 aliphatic rings. The summed E-state index contributed by atoms with van der Waals surface area (Å²) in [5.41, 5.74) is 3.30. The van der Waals surface area contributed by atoms with Crippen LogP contribution in [0.1, 0.15) is 61.6 Å². The standard InChI is InChI=1S/C30H30N4OS/c36-30-32-28(26-14-7-8-20-31-26)29(27-15-9-21-33(27)22-10-3-1-4-11-22)34(30)23-16-18-25(19-17-23)35-24-12-5-2-6-13-24/h2,5-9,12-22,28-29H,1,3-4,10-11H2,(H,32,36)/t28-,29+/m1/s1. The molecule has 0 spiro atoms. The minimum atomic E-state index is -0.0452. The largest absolute Gasteiger partial charge is 0.457 e. The lowest BCUT2D eigenvalue weighted by atomic mass is 9.94. The molecule has 3 heterocycles. The Morgan fingerprint density at radius 2 is 1.56 bits per heavy atom. The zero-order chi connectivity index (χ0) is 24.3. The van der Waals surface area contributed by atoms with Crippen LogP contribution >= 0.6 is 12.2 Å². The molecule has 4 aromatic rings. The number of rotatable bonds is 6. The van der Waals surface area contributed by atoms with E-state index < -0.39 is 0 Å². The van der Waals surface area contributed by atoms with Crippen LogP contribution in [0.4, 0.5) is 5.69 Å². The second kappa shape index (κ2) is 10.2. The van der Waals surface area contributed by atoms with E-state index in [0.29, 0.717) is 11.2 Å². The first-order chi connectivity index (χ1) is 17.8. The minimum Gasteiger partial charge on any atom is -0.457 e. The van der Waals surface area contributed by atoms with Gasteiger partial charge in [-0.05, 0) is 85.7 Å². The van der Waals surface area contributed by atoms with E-state index in [4.69, 9.17) is 21.9 Å². The van der Waals surface area contributed by atoms with E-state index in [9.17, 15) is 0 Å². The van der Waals surface area contributed by atoms with Crippen molar-refractivity contribution in [1.82, 2.24) is 14.9 Å². The fraction of sp³-hybridized carbons (Fsp3) is 0.267. The summed E-state index contributed by atoms with van der Waals surface area (Å²) in [6.45, 7) is 0. The van der Waals surface area contributed by atoms with E-state index in [1.165, 1.54) is 37.8 Å². The van der Waals surface area contributed by atoms with Gasteiger partial charge in [-0.2, -0.15) is 0 Å². The third-order valence-corrected chi connectivity index (χ3v) is 7.59. The minimum absolute atomic E-state index is 0.00906. The van der Waals surface area contributed by atoms with Gasteiger partial charge in [-0.25, -0.2) is 0 Å². The summed E-state index contributed by atoms with van der Waals surface area (Å²) in [4.78, 5) is 6.95. The zero-order valence-electron chi connectivity index (χ0n) is 20.2. The van der Waals surface area contributed by atoms with E-state index in [1.54, 1.807) is 0 Å². The molecule has 2 atom stereocenters. The van der Waals surface area contributed by atoms with Gasteiger partial charge in [0.1, 0.15) is 17.5 Å². The maximum absolute atomic E-state index is 6.03. The highest BCUT2D eigenvalue weighted by Crippen LogP contribution is 2.43. The molecular formula is C30H30N4OS. The third-order valence-electron chi connectivity index (χ3n) is 7.27. The Balaban J connectivity index is 1.36. The second-order valence-corrected chi connectivity index (χ2v) is 9.92. The van der Waals surface area contributed by atoms with E-state index in [-0.39, 0.29) is 12.1 Å².